The summed E-state index contributed by atoms with van der Waals surface area (Å²) in [5.74, 6) is 2.00. The van der Waals surface area contributed by atoms with Gasteiger partial charge >= 0.3 is 0 Å². The van der Waals surface area contributed by atoms with Crippen LogP contribution in [0.2, 0.25) is 0 Å². The van der Waals surface area contributed by atoms with Crippen LogP contribution in [-0.4, -0.2) is 23.8 Å². The molecule has 2 aliphatic rings. The third-order valence-electron chi connectivity index (χ3n) is 5.45. The van der Waals surface area contributed by atoms with Gasteiger partial charge in [0.05, 0.1) is 6.04 Å². The van der Waals surface area contributed by atoms with Gasteiger partial charge in [-0.2, -0.15) is 4.98 Å². The topological polar surface area (TPSA) is 60.2 Å². The lowest BCUT2D eigenvalue weighted by Crippen LogP contribution is -2.37. The van der Waals surface area contributed by atoms with Gasteiger partial charge in [-0.15, -0.1) is 0 Å². The van der Waals surface area contributed by atoms with E-state index in [0.29, 0.717) is 11.3 Å². The van der Waals surface area contributed by atoms with Crippen molar-refractivity contribution < 1.29 is 9.26 Å². The normalized spacial score (nSPS) is 31.4. The molecule has 1 N–H and O–H groups in total. The molecule has 1 aromatic rings. The molecular formula is C16H27N3O2. The average Bonchev–Trinajstić information content (AvgIpc) is 3.08. The van der Waals surface area contributed by atoms with Crippen LogP contribution in [0, 0.1) is 11.3 Å². The molecule has 118 valence electrons. The minimum absolute atomic E-state index is 0.195. The van der Waals surface area contributed by atoms with Crippen LogP contribution in [0.25, 0.3) is 0 Å². The van der Waals surface area contributed by atoms with E-state index < -0.39 is 0 Å². The molecule has 5 nitrogen and oxygen atoms in total. The molecule has 1 aliphatic carbocycles. The number of hydrogen-bond donors (Lipinski definition) is 1. The maximum Gasteiger partial charge on any atom is 0.244 e. The van der Waals surface area contributed by atoms with Crippen molar-refractivity contribution in [2.24, 2.45) is 11.3 Å². The SMILES string of the molecule is COC1(c2noc(C3NCCC3C)n2)CCC(C)(C)CC1. The molecule has 1 saturated heterocycles. The number of methoxy groups -OCH3 is 1. The highest BCUT2D eigenvalue weighted by Gasteiger charge is 2.44. The van der Waals surface area contributed by atoms with Crippen LogP contribution in [0.15, 0.2) is 4.52 Å². The summed E-state index contributed by atoms with van der Waals surface area (Å²) in [5.41, 5.74) is 0.0230. The Bertz CT molecular complexity index is 487. The van der Waals surface area contributed by atoms with E-state index in [4.69, 9.17) is 14.2 Å². The Morgan fingerprint density at radius 3 is 2.52 bits per heavy atom. The first-order valence-electron chi connectivity index (χ1n) is 8.08. The molecule has 5 heteroatoms. The molecule has 2 atom stereocenters. The Kier molecular flexibility index (Phi) is 3.82. The van der Waals surface area contributed by atoms with Gasteiger partial charge in [0.1, 0.15) is 5.60 Å². The molecule has 1 aromatic heterocycles. The largest absolute Gasteiger partial charge is 0.370 e. The van der Waals surface area contributed by atoms with Crippen molar-refractivity contribution in [3.8, 4) is 0 Å². The highest BCUT2D eigenvalue weighted by Crippen LogP contribution is 2.46. The van der Waals surface area contributed by atoms with Gasteiger partial charge in [0.25, 0.3) is 0 Å². The zero-order valence-electron chi connectivity index (χ0n) is 13.6. The van der Waals surface area contributed by atoms with E-state index in [9.17, 15) is 0 Å². The van der Waals surface area contributed by atoms with Crippen LogP contribution < -0.4 is 5.32 Å². The Balaban J connectivity index is 1.81. The van der Waals surface area contributed by atoms with Gasteiger partial charge in [-0.05, 0) is 50.0 Å². The van der Waals surface area contributed by atoms with Gasteiger partial charge in [-0.25, -0.2) is 0 Å². The lowest BCUT2D eigenvalue weighted by Gasteiger charge is -2.40. The first kappa shape index (κ1) is 15.0. The minimum atomic E-state index is -0.362. The van der Waals surface area contributed by atoms with Crippen LogP contribution in [0.3, 0.4) is 0 Å². The fraction of sp³-hybridized carbons (Fsp3) is 0.875. The molecule has 0 bridgehead atoms. The molecule has 2 heterocycles. The van der Waals surface area contributed by atoms with Crippen molar-refractivity contribution >= 4 is 0 Å². The van der Waals surface area contributed by atoms with E-state index in [0.717, 1.165) is 50.4 Å². The predicted molar refractivity (Wildman–Crippen MR) is 79.8 cm³/mol. The number of ether oxygens (including phenoxy) is 1. The number of aromatic nitrogens is 2. The van der Waals surface area contributed by atoms with E-state index in [-0.39, 0.29) is 11.6 Å². The first-order chi connectivity index (χ1) is 9.96. The van der Waals surface area contributed by atoms with E-state index in [1.807, 2.05) is 0 Å². The molecule has 0 spiro atoms. The summed E-state index contributed by atoms with van der Waals surface area (Å²) >= 11 is 0. The van der Waals surface area contributed by atoms with Crippen LogP contribution in [0.1, 0.15) is 70.6 Å². The summed E-state index contributed by atoms with van der Waals surface area (Å²) in [4.78, 5) is 4.69. The van der Waals surface area contributed by atoms with Crippen LogP contribution in [-0.2, 0) is 10.3 Å². The highest BCUT2D eigenvalue weighted by molar-refractivity contribution is 5.07. The molecule has 2 fully saturated rings. The average molecular weight is 293 g/mol. The van der Waals surface area contributed by atoms with Crippen molar-refractivity contribution in [2.45, 2.75) is 64.5 Å². The second kappa shape index (κ2) is 5.36. The zero-order chi connectivity index (χ0) is 15.1. The van der Waals surface area contributed by atoms with Gasteiger partial charge in [-0.3, -0.25) is 0 Å². The lowest BCUT2D eigenvalue weighted by atomic mass is 9.70. The van der Waals surface area contributed by atoms with Gasteiger partial charge in [0, 0.05) is 7.11 Å². The van der Waals surface area contributed by atoms with E-state index in [1.165, 1.54) is 0 Å². The van der Waals surface area contributed by atoms with E-state index in [1.54, 1.807) is 7.11 Å². The Labute approximate surface area is 126 Å². The Morgan fingerprint density at radius 1 is 1.24 bits per heavy atom. The highest BCUT2D eigenvalue weighted by atomic mass is 16.5. The maximum absolute atomic E-state index is 5.86. The Morgan fingerprint density at radius 2 is 1.95 bits per heavy atom. The molecule has 1 saturated carbocycles. The summed E-state index contributed by atoms with van der Waals surface area (Å²) in [6, 6.07) is 0.195. The number of nitrogens with one attached hydrogen (secondary N) is 1. The summed E-state index contributed by atoms with van der Waals surface area (Å²) in [5, 5.41) is 7.70. The fourth-order valence-electron chi connectivity index (χ4n) is 3.56. The smallest absolute Gasteiger partial charge is 0.244 e. The molecule has 1 aliphatic heterocycles. The first-order valence-corrected chi connectivity index (χ1v) is 8.08. The monoisotopic (exact) mass is 293 g/mol. The molecular weight excluding hydrogens is 266 g/mol. The third kappa shape index (κ3) is 2.73. The fourth-order valence-corrected chi connectivity index (χ4v) is 3.56. The number of nitrogens with zero attached hydrogens (tertiary/aromatic N) is 2. The van der Waals surface area contributed by atoms with Gasteiger partial charge in [0.15, 0.2) is 0 Å². The van der Waals surface area contributed by atoms with E-state index in [2.05, 4.69) is 31.2 Å². The van der Waals surface area contributed by atoms with Gasteiger partial charge in [-0.1, -0.05) is 25.9 Å². The second-order valence-electron chi connectivity index (χ2n) is 7.52. The van der Waals surface area contributed by atoms with E-state index >= 15 is 0 Å². The quantitative estimate of drug-likeness (QED) is 0.927. The number of hydrogen-bond acceptors (Lipinski definition) is 5. The van der Waals surface area contributed by atoms with Gasteiger partial charge < -0.3 is 14.6 Å². The molecule has 0 aromatic carbocycles. The Hall–Kier alpha value is -0.940. The lowest BCUT2D eigenvalue weighted by molar-refractivity contribution is -0.0740. The summed E-state index contributed by atoms with van der Waals surface area (Å²) < 4.78 is 11.4. The summed E-state index contributed by atoms with van der Waals surface area (Å²) in [7, 11) is 1.77. The van der Waals surface area contributed by atoms with Crippen molar-refractivity contribution in [1.82, 2.24) is 15.5 Å². The van der Waals surface area contributed by atoms with Gasteiger partial charge in [0.2, 0.25) is 11.7 Å². The second-order valence-corrected chi connectivity index (χ2v) is 7.52. The van der Waals surface area contributed by atoms with Crippen LogP contribution in [0.5, 0.6) is 0 Å². The molecule has 21 heavy (non-hydrogen) atoms. The standard InChI is InChI=1S/C16H27N3O2/c1-11-5-10-17-12(11)13-18-14(19-21-13)16(20-4)8-6-15(2,3)7-9-16/h11-12,17H,5-10H2,1-4H3. The zero-order valence-corrected chi connectivity index (χ0v) is 13.6. The van der Waals surface area contributed by atoms with Crippen LogP contribution in [0.4, 0.5) is 0 Å². The number of rotatable bonds is 3. The molecule has 0 amide bonds. The molecule has 3 rings (SSSR count). The predicted octanol–water partition coefficient (Wildman–Crippen LogP) is 3.18. The summed E-state index contributed by atoms with van der Waals surface area (Å²) in [6.07, 6.45) is 5.34. The van der Waals surface area contributed by atoms with Crippen molar-refractivity contribution in [1.29, 1.82) is 0 Å². The third-order valence-corrected chi connectivity index (χ3v) is 5.45. The van der Waals surface area contributed by atoms with Crippen molar-refractivity contribution in [2.75, 3.05) is 13.7 Å². The summed E-state index contributed by atoms with van der Waals surface area (Å²) in [6.45, 7) is 7.88. The van der Waals surface area contributed by atoms with Crippen LogP contribution >= 0.6 is 0 Å². The van der Waals surface area contributed by atoms with Crippen molar-refractivity contribution in [3.05, 3.63) is 11.7 Å². The maximum atomic E-state index is 5.86. The van der Waals surface area contributed by atoms with Crippen molar-refractivity contribution in [3.63, 3.8) is 0 Å². The molecule has 0 radical (unpaired) electrons. The minimum Gasteiger partial charge on any atom is -0.370 e. The molecule has 2 unspecified atom stereocenters.